The number of nitrogens with two attached hydrogens (primary N) is 1. The molecule has 0 amide bonds. The number of rotatable bonds is 3. The lowest BCUT2D eigenvalue weighted by Gasteiger charge is -2.11. The molecule has 0 radical (unpaired) electrons. The Hall–Kier alpha value is -2.29. The highest BCUT2D eigenvalue weighted by Crippen LogP contribution is 2.29. The first-order chi connectivity index (χ1) is 9.82. The van der Waals surface area contributed by atoms with E-state index in [-0.39, 0.29) is 16.4 Å². The molecule has 2 rings (SSSR count). The van der Waals surface area contributed by atoms with Gasteiger partial charge in [-0.25, -0.2) is 22.0 Å². The van der Waals surface area contributed by atoms with Gasteiger partial charge in [0.15, 0.2) is 23.3 Å². The highest BCUT2D eigenvalue weighted by Gasteiger charge is 2.25. The average Bonchev–Trinajstić information content (AvgIpc) is 2.48. The topological polar surface area (TPSA) is 50.9 Å². The van der Waals surface area contributed by atoms with E-state index in [0.29, 0.717) is 0 Å². The minimum atomic E-state index is -2.23. The standard InChI is InChI=1S/C12H6F5N3S/c13-6-7(14)9(16)11(10(17)8(6)15)20-4-1-2-19-5(3-4)12(18)21/h1-3H,(H2,18,21)(H,19,20). The van der Waals surface area contributed by atoms with Gasteiger partial charge in [0.25, 0.3) is 0 Å². The number of nitrogens with one attached hydrogen (secondary N) is 1. The van der Waals surface area contributed by atoms with Gasteiger partial charge in [-0.3, -0.25) is 4.98 Å². The highest BCUT2D eigenvalue weighted by molar-refractivity contribution is 7.80. The van der Waals surface area contributed by atoms with E-state index in [1.54, 1.807) is 0 Å². The van der Waals surface area contributed by atoms with E-state index >= 15 is 0 Å². The van der Waals surface area contributed by atoms with Crippen LogP contribution < -0.4 is 11.1 Å². The Morgan fingerprint density at radius 2 is 1.52 bits per heavy atom. The molecule has 0 saturated carbocycles. The Morgan fingerprint density at radius 3 is 2.05 bits per heavy atom. The number of pyridine rings is 1. The fourth-order valence-electron chi connectivity index (χ4n) is 1.50. The van der Waals surface area contributed by atoms with Gasteiger partial charge in [-0.2, -0.15) is 0 Å². The maximum Gasteiger partial charge on any atom is 0.200 e. The predicted molar refractivity (Wildman–Crippen MR) is 69.6 cm³/mol. The molecular formula is C12H6F5N3S. The summed E-state index contributed by atoms with van der Waals surface area (Å²) in [5.41, 5.74) is 4.29. The van der Waals surface area contributed by atoms with Crippen molar-refractivity contribution >= 4 is 28.6 Å². The number of nitrogens with zero attached hydrogens (tertiary/aromatic N) is 1. The SMILES string of the molecule is NC(=S)c1cc(Nc2c(F)c(F)c(F)c(F)c2F)ccn1. The number of thiocarbonyl (C=S) groups is 1. The fraction of sp³-hybridized carbons (Fsp3) is 0. The van der Waals surface area contributed by atoms with Gasteiger partial charge in [0.2, 0.25) is 5.82 Å². The minimum absolute atomic E-state index is 0.0102. The van der Waals surface area contributed by atoms with E-state index in [9.17, 15) is 22.0 Å². The maximum absolute atomic E-state index is 13.5. The summed E-state index contributed by atoms with van der Waals surface area (Å²) in [6.07, 6.45) is 1.21. The summed E-state index contributed by atoms with van der Waals surface area (Å²) >= 11 is 4.67. The molecule has 0 unspecified atom stereocenters. The van der Waals surface area contributed by atoms with Crippen LogP contribution in [-0.2, 0) is 0 Å². The molecule has 1 aromatic carbocycles. The molecule has 0 aliphatic rings. The predicted octanol–water partition coefficient (Wildman–Crippen LogP) is 3.15. The number of anilines is 2. The summed E-state index contributed by atoms with van der Waals surface area (Å²) in [4.78, 5) is 3.69. The quantitative estimate of drug-likeness (QED) is 0.395. The summed E-state index contributed by atoms with van der Waals surface area (Å²) in [5, 5.41) is 2.09. The summed E-state index contributed by atoms with van der Waals surface area (Å²) in [5.74, 6) is -10.3. The smallest absolute Gasteiger partial charge is 0.200 e. The van der Waals surface area contributed by atoms with Crippen LogP contribution in [0.15, 0.2) is 18.3 Å². The molecule has 0 saturated heterocycles. The van der Waals surface area contributed by atoms with Crippen molar-refractivity contribution in [3.05, 3.63) is 53.1 Å². The van der Waals surface area contributed by atoms with Crippen LogP contribution in [0.4, 0.5) is 33.3 Å². The van der Waals surface area contributed by atoms with Gasteiger partial charge in [0, 0.05) is 11.9 Å². The minimum Gasteiger partial charge on any atom is -0.388 e. The molecule has 2 aromatic rings. The second-order valence-electron chi connectivity index (χ2n) is 3.86. The Balaban J connectivity index is 2.50. The fourth-order valence-corrected chi connectivity index (χ4v) is 1.61. The van der Waals surface area contributed by atoms with Crippen molar-refractivity contribution in [1.29, 1.82) is 0 Å². The third-order valence-electron chi connectivity index (χ3n) is 2.49. The highest BCUT2D eigenvalue weighted by atomic mass is 32.1. The molecule has 0 aliphatic heterocycles. The molecule has 110 valence electrons. The van der Waals surface area contributed by atoms with Crippen LogP contribution in [0.25, 0.3) is 0 Å². The summed E-state index contributed by atoms with van der Waals surface area (Å²) < 4.78 is 66.0. The lowest BCUT2D eigenvalue weighted by molar-refractivity contribution is 0.382. The normalized spacial score (nSPS) is 10.5. The Morgan fingerprint density at radius 1 is 1.00 bits per heavy atom. The maximum atomic E-state index is 13.5. The van der Waals surface area contributed by atoms with Crippen LogP contribution in [0, 0.1) is 29.1 Å². The third-order valence-corrected chi connectivity index (χ3v) is 2.70. The van der Waals surface area contributed by atoms with Crippen molar-refractivity contribution in [2.75, 3.05) is 5.32 Å². The molecule has 0 fully saturated rings. The first-order valence-corrected chi connectivity index (χ1v) is 5.78. The number of hydrogen-bond acceptors (Lipinski definition) is 3. The van der Waals surface area contributed by atoms with Gasteiger partial charge in [0.05, 0.1) is 5.69 Å². The molecule has 1 aromatic heterocycles. The molecule has 1 heterocycles. The van der Waals surface area contributed by atoms with E-state index < -0.39 is 34.8 Å². The van der Waals surface area contributed by atoms with E-state index in [4.69, 9.17) is 5.73 Å². The van der Waals surface area contributed by atoms with E-state index in [1.165, 1.54) is 18.3 Å². The van der Waals surface area contributed by atoms with Crippen molar-refractivity contribution in [2.24, 2.45) is 5.73 Å². The van der Waals surface area contributed by atoms with E-state index in [0.717, 1.165) is 0 Å². The van der Waals surface area contributed by atoms with Crippen molar-refractivity contribution in [3.8, 4) is 0 Å². The zero-order valence-electron chi connectivity index (χ0n) is 10.1. The van der Waals surface area contributed by atoms with Gasteiger partial charge < -0.3 is 11.1 Å². The van der Waals surface area contributed by atoms with Crippen LogP contribution >= 0.6 is 12.2 Å². The van der Waals surface area contributed by atoms with Crippen molar-refractivity contribution in [3.63, 3.8) is 0 Å². The lowest BCUT2D eigenvalue weighted by Crippen LogP contribution is -2.12. The largest absolute Gasteiger partial charge is 0.388 e. The molecule has 0 aliphatic carbocycles. The molecule has 0 atom stereocenters. The van der Waals surface area contributed by atoms with Crippen LogP contribution in [-0.4, -0.2) is 9.97 Å². The Bertz CT molecular complexity index is 706. The third kappa shape index (κ3) is 2.77. The lowest BCUT2D eigenvalue weighted by atomic mass is 10.2. The molecule has 21 heavy (non-hydrogen) atoms. The van der Waals surface area contributed by atoms with Crippen molar-refractivity contribution in [1.82, 2.24) is 4.98 Å². The van der Waals surface area contributed by atoms with Crippen molar-refractivity contribution in [2.45, 2.75) is 0 Å². The van der Waals surface area contributed by atoms with Crippen LogP contribution in [0.5, 0.6) is 0 Å². The monoisotopic (exact) mass is 319 g/mol. The Kier molecular flexibility index (Phi) is 4.03. The Labute approximate surface area is 120 Å². The molecule has 3 N–H and O–H groups in total. The van der Waals surface area contributed by atoms with Crippen LogP contribution in [0.3, 0.4) is 0 Å². The first kappa shape index (κ1) is 15.1. The van der Waals surface area contributed by atoms with Gasteiger partial charge in [-0.05, 0) is 12.1 Å². The van der Waals surface area contributed by atoms with Crippen LogP contribution in [0.2, 0.25) is 0 Å². The van der Waals surface area contributed by atoms with Crippen LogP contribution in [0.1, 0.15) is 5.69 Å². The number of aromatic nitrogens is 1. The summed E-state index contributed by atoms with van der Waals surface area (Å²) in [6, 6.07) is 2.46. The summed E-state index contributed by atoms with van der Waals surface area (Å²) in [6.45, 7) is 0. The molecule has 3 nitrogen and oxygen atoms in total. The van der Waals surface area contributed by atoms with E-state index in [2.05, 4.69) is 22.5 Å². The molecule has 0 bridgehead atoms. The zero-order chi connectivity index (χ0) is 15.7. The number of benzene rings is 1. The molecular weight excluding hydrogens is 313 g/mol. The molecule has 9 heteroatoms. The average molecular weight is 319 g/mol. The van der Waals surface area contributed by atoms with E-state index in [1.807, 2.05) is 0 Å². The van der Waals surface area contributed by atoms with Crippen molar-refractivity contribution < 1.29 is 22.0 Å². The molecule has 0 spiro atoms. The zero-order valence-corrected chi connectivity index (χ0v) is 10.9. The first-order valence-electron chi connectivity index (χ1n) is 5.37. The van der Waals surface area contributed by atoms with Gasteiger partial charge in [-0.15, -0.1) is 0 Å². The summed E-state index contributed by atoms with van der Waals surface area (Å²) in [7, 11) is 0. The van der Waals surface area contributed by atoms with Gasteiger partial charge in [0.1, 0.15) is 10.7 Å². The second-order valence-corrected chi connectivity index (χ2v) is 4.30. The van der Waals surface area contributed by atoms with Gasteiger partial charge in [-0.1, -0.05) is 12.2 Å². The second kappa shape index (κ2) is 5.60. The van der Waals surface area contributed by atoms with Gasteiger partial charge >= 0.3 is 0 Å². The number of halogens is 5. The number of hydrogen-bond donors (Lipinski definition) is 2.